The number of aliphatic carboxylic acids is 1. The van der Waals surface area contributed by atoms with Crippen LogP contribution in [0.2, 0.25) is 0 Å². The minimum atomic E-state index is -1.08. The molecular formula is C16H11NO6. The monoisotopic (exact) mass is 313 g/mol. The highest BCUT2D eigenvalue weighted by molar-refractivity contribution is 5.96. The van der Waals surface area contributed by atoms with Gasteiger partial charge in [0.2, 0.25) is 11.0 Å². The van der Waals surface area contributed by atoms with Crippen molar-refractivity contribution in [3.8, 4) is 0 Å². The maximum absolute atomic E-state index is 12.6. The summed E-state index contributed by atoms with van der Waals surface area (Å²) in [6, 6.07) is 7.56. The fourth-order valence-electron chi connectivity index (χ4n) is 2.61. The molecule has 0 bridgehead atoms. The van der Waals surface area contributed by atoms with Crippen LogP contribution in [0.5, 0.6) is 0 Å². The Bertz CT molecular complexity index is 1030. The number of rotatable bonds is 3. The van der Waals surface area contributed by atoms with Gasteiger partial charge in [-0.15, -0.1) is 0 Å². The van der Waals surface area contributed by atoms with Crippen LogP contribution in [0.1, 0.15) is 11.1 Å². The molecule has 1 heterocycles. The van der Waals surface area contributed by atoms with Crippen LogP contribution in [0.4, 0.5) is 5.69 Å². The Hall–Kier alpha value is -3.22. The molecule has 0 saturated carbocycles. The number of fused-ring (bicyclic) bond motifs is 2. The zero-order chi connectivity index (χ0) is 16.7. The fraction of sp³-hybridized carbons (Fsp3) is 0.125. The first kappa shape index (κ1) is 14.7. The van der Waals surface area contributed by atoms with Gasteiger partial charge in [0.25, 0.3) is 0 Å². The number of carboxylic acid groups (broad SMARTS) is 1. The zero-order valence-corrected chi connectivity index (χ0v) is 12.0. The van der Waals surface area contributed by atoms with E-state index in [0.29, 0.717) is 11.1 Å². The minimum absolute atomic E-state index is 0.0705. The molecule has 116 valence electrons. The number of carbonyl (C=O) groups is 1. The van der Waals surface area contributed by atoms with E-state index in [1.807, 2.05) is 0 Å². The number of nitro benzene ring substituents is 1. The van der Waals surface area contributed by atoms with Crippen LogP contribution in [-0.2, 0) is 11.2 Å². The standard InChI is InChI=1S/C16H11NO6/c1-8-5-6-11-14(20)10-4-2-3-9(7-12(18)19)15(10)23-16(11)13(8)17(21)22/h2-6H,7H2,1H3,(H,18,19). The van der Waals surface area contributed by atoms with Gasteiger partial charge >= 0.3 is 11.7 Å². The molecule has 0 amide bonds. The summed E-state index contributed by atoms with van der Waals surface area (Å²) in [5.74, 6) is -1.08. The highest BCUT2D eigenvalue weighted by Gasteiger charge is 2.22. The SMILES string of the molecule is Cc1ccc2c(=O)c3cccc(CC(=O)O)c3oc2c1[N+](=O)[O-]. The lowest BCUT2D eigenvalue weighted by atomic mass is 10.0. The predicted molar refractivity (Wildman–Crippen MR) is 82.7 cm³/mol. The number of hydrogen-bond donors (Lipinski definition) is 1. The number of benzene rings is 2. The van der Waals surface area contributed by atoms with E-state index in [0.717, 1.165) is 0 Å². The lowest BCUT2D eigenvalue weighted by Gasteiger charge is -2.07. The van der Waals surface area contributed by atoms with Crippen LogP contribution in [0.25, 0.3) is 21.9 Å². The molecular weight excluding hydrogens is 302 g/mol. The fourth-order valence-corrected chi connectivity index (χ4v) is 2.61. The average molecular weight is 313 g/mol. The Balaban J connectivity index is 2.52. The number of hydrogen-bond acceptors (Lipinski definition) is 5. The highest BCUT2D eigenvalue weighted by atomic mass is 16.6. The summed E-state index contributed by atoms with van der Waals surface area (Å²) in [7, 11) is 0. The van der Waals surface area contributed by atoms with Gasteiger partial charge in [-0.2, -0.15) is 0 Å². The topological polar surface area (TPSA) is 111 Å². The van der Waals surface area contributed by atoms with Gasteiger partial charge in [0.15, 0.2) is 0 Å². The van der Waals surface area contributed by atoms with Gasteiger partial charge in [-0.3, -0.25) is 19.7 Å². The quantitative estimate of drug-likeness (QED) is 0.452. The smallest absolute Gasteiger partial charge is 0.315 e. The lowest BCUT2D eigenvalue weighted by molar-refractivity contribution is -0.384. The van der Waals surface area contributed by atoms with E-state index in [4.69, 9.17) is 9.52 Å². The van der Waals surface area contributed by atoms with Crippen LogP contribution < -0.4 is 5.43 Å². The summed E-state index contributed by atoms with van der Waals surface area (Å²) in [6.45, 7) is 1.55. The van der Waals surface area contributed by atoms with Gasteiger partial charge in [-0.05, 0) is 19.1 Å². The van der Waals surface area contributed by atoms with Crippen molar-refractivity contribution in [3.63, 3.8) is 0 Å². The second-order valence-electron chi connectivity index (χ2n) is 5.16. The molecule has 0 aliphatic rings. The van der Waals surface area contributed by atoms with Gasteiger partial charge in [0.1, 0.15) is 5.58 Å². The first-order valence-electron chi connectivity index (χ1n) is 6.74. The molecule has 0 fully saturated rings. The third-order valence-corrected chi connectivity index (χ3v) is 3.65. The van der Waals surface area contributed by atoms with Gasteiger partial charge in [-0.25, -0.2) is 0 Å². The first-order valence-corrected chi connectivity index (χ1v) is 6.74. The van der Waals surface area contributed by atoms with E-state index >= 15 is 0 Å². The third kappa shape index (κ3) is 2.32. The largest absolute Gasteiger partial charge is 0.481 e. The van der Waals surface area contributed by atoms with Gasteiger partial charge < -0.3 is 9.52 Å². The molecule has 1 N–H and O–H groups in total. The van der Waals surface area contributed by atoms with Crippen molar-refractivity contribution in [1.82, 2.24) is 0 Å². The van der Waals surface area contributed by atoms with E-state index in [1.54, 1.807) is 13.0 Å². The molecule has 23 heavy (non-hydrogen) atoms. The molecule has 2 aromatic carbocycles. The molecule has 3 aromatic rings. The number of nitro groups is 1. The second-order valence-corrected chi connectivity index (χ2v) is 5.16. The van der Waals surface area contributed by atoms with E-state index in [1.165, 1.54) is 24.3 Å². The Labute approximate surface area is 128 Å². The van der Waals surface area contributed by atoms with E-state index < -0.39 is 16.3 Å². The van der Waals surface area contributed by atoms with Crippen molar-refractivity contribution >= 4 is 33.6 Å². The maximum atomic E-state index is 12.6. The maximum Gasteiger partial charge on any atom is 0.315 e. The molecule has 3 rings (SSSR count). The molecule has 1 aromatic heterocycles. The summed E-state index contributed by atoms with van der Waals surface area (Å²) in [5, 5.41) is 20.6. The lowest BCUT2D eigenvalue weighted by Crippen LogP contribution is -2.07. The average Bonchev–Trinajstić information content (AvgIpc) is 2.47. The third-order valence-electron chi connectivity index (χ3n) is 3.65. The summed E-state index contributed by atoms with van der Waals surface area (Å²) in [5.41, 5.74) is -0.111. The summed E-state index contributed by atoms with van der Waals surface area (Å²) < 4.78 is 5.63. The van der Waals surface area contributed by atoms with Crippen molar-refractivity contribution in [3.05, 3.63) is 61.8 Å². The summed E-state index contributed by atoms with van der Waals surface area (Å²) in [4.78, 5) is 34.2. The molecule has 0 spiro atoms. The van der Waals surface area contributed by atoms with Crippen LogP contribution in [0.3, 0.4) is 0 Å². The number of carboxylic acids is 1. The van der Waals surface area contributed by atoms with Gasteiger partial charge in [-0.1, -0.05) is 18.2 Å². The number of nitrogens with zero attached hydrogens (tertiary/aromatic N) is 1. The van der Waals surface area contributed by atoms with E-state index in [9.17, 15) is 19.7 Å². The highest BCUT2D eigenvalue weighted by Crippen LogP contribution is 2.31. The Morgan fingerprint density at radius 1 is 1.22 bits per heavy atom. The van der Waals surface area contributed by atoms with Crippen molar-refractivity contribution in [2.75, 3.05) is 0 Å². The van der Waals surface area contributed by atoms with Crippen molar-refractivity contribution < 1.29 is 19.2 Å². The summed E-state index contributed by atoms with van der Waals surface area (Å²) in [6.07, 6.45) is -0.342. The predicted octanol–water partition coefficient (Wildman–Crippen LogP) is 2.79. The zero-order valence-electron chi connectivity index (χ0n) is 12.0. The van der Waals surface area contributed by atoms with E-state index in [2.05, 4.69) is 0 Å². The molecule has 0 unspecified atom stereocenters. The van der Waals surface area contributed by atoms with Crippen molar-refractivity contribution in [1.29, 1.82) is 0 Å². The number of para-hydroxylation sites is 1. The van der Waals surface area contributed by atoms with Crippen LogP contribution in [-0.4, -0.2) is 16.0 Å². The molecule has 7 nitrogen and oxygen atoms in total. The Kier molecular flexibility index (Phi) is 3.33. The normalized spacial score (nSPS) is 11.0. The Morgan fingerprint density at radius 3 is 2.57 bits per heavy atom. The first-order chi connectivity index (χ1) is 10.9. The molecule has 0 saturated heterocycles. The van der Waals surface area contributed by atoms with Gasteiger partial charge in [0, 0.05) is 11.1 Å². The van der Waals surface area contributed by atoms with Crippen LogP contribution in [0, 0.1) is 17.0 Å². The molecule has 0 aliphatic heterocycles. The van der Waals surface area contributed by atoms with Crippen LogP contribution >= 0.6 is 0 Å². The van der Waals surface area contributed by atoms with Crippen molar-refractivity contribution in [2.45, 2.75) is 13.3 Å². The van der Waals surface area contributed by atoms with Crippen LogP contribution in [0.15, 0.2) is 39.5 Å². The molecule has 0 atom stereocenters. The minimum Gasteiger partial charge on any atom is -0.481 e. The van der Waals surface area contributed by atoms with Gasteiger partial charge in [0.05, 0.1) is 22.1 Å². The van der Waals surface area contributed by atoms with Crippen molar-refractivity contribution in [2.24, 2.45) is 0 Å². The second kappa shape index (κ2) is 5.20. The molecule has 0 aliphatic carbocycles. The summed E-state index contributed by atoms with van der Waals surface area (Å²) >= 11 is 0. The van der Waals surface area contributed by atoms with E-state index in [-0.39, 0.29) is 34.0 Å². The Morgan fingerprint density at radius 2 is 1.91 bits per heavy atom. The molecule has 7 heteroatoms. The number of aryl methyl sites for hydroxylation is 1. The molecule has 0 radical (unpaired) electrons.